The molecule has 0 fully saturated rings. The summed E-state index contributed by atoms with van der Waals surface area (Å²) in [5.41, 5.74) is 0.777. The summed E-state index contributed by atoms with van der Waals surface area (Å²) >= 11 is 0. The molecule has 0 aliphatic carbocycles. The Morgan fingerprint density at radius 2 is 1.82 bits per heavy atom. The molecule has 0 bridgehead atoms. The van der Waals surface area contributed by atoms with Gasteiger partial charge in [-0.1, -0.05) is 17.3 Å². The smallest absolute Gasteiger partial charge is 0.364 e. The molecule has 0 spiro atoms. The SMILES string of the molecule is Fc1cc(C(F)(F)F)ccc1-c1cc(CN2C=Cc3nc(-c4ccccc4F)[nH]c3C2)on1. The Hall–Kier alpha value is -3.95. The Balaban J connectivity index is 1.31. The summed E-state index contributed by atoms with van der Waals surface area (Å²) in [4.78, 5) is 9.44. The number of H-pyrrole nitrogens is 1. The molecule has 33 heavy (non-hydrogen) atoms. The van der Waals surface area contributed by atoms with E-state index in [0.717, 1.165) is 17.8 Å². The van der Waals surface area contributed by atoms with Crippen LogP contribution in [0.3, 0.4) is 0 Å². The maximum absolute atomic E-state index is 14.2. The predicted molar refractivity (Wildman–Crippen MR) is 109 cm³/mol. The fraction of sp³-hybridized carbons (Fsp3) is 0.130. The molecule has 168 valence electrons. The number of hydrogen-bond donors (Lipinski definition) is 1. The summed E-state index contributed by atoms with van der Waals surface area (Å²) in [6, 6.07) is 10.1. The molecule has 1 aliphatic rings. The van der Waals surface area contributed by atoms with Gasteiger partial charge in [0.05, 0.1) is 35.6 Å². The van der Waals surface area contributed by atoms with E-state index >= 15 is 0 Å². The molecular formula is C23H15F5N4O. The van der Waals surface area contributed by atoms with E-state index in [1.807, 2.05) is 4.90 Å². The van der Waals surface area contributed by atoms with Crippen molar-refractivity contribution in [2.24, 2.45) is 0 Å². The molecule has 5 rings (SSSR count). The summed E-state index contributed by atoms with van der Waals surface area (Å²) in [7, 11) is 0. The molecule has 2 aromatic carbocycles. The van der Waals surface area contributed by atoms with E-state index in [4.69, 9.17) is 4.52 Å². The molecule has 0 saturated heterocycles. The minimum Gasteiger partial charge on any atom is -0.364 e. The largest absolute Gasteiger partial charge is 0.416 e. The fourth-order valence-electron chi connectivity index (χ4n) is 3.62. The lowest BCUT2D eigenvalue weighted by atomic mass is 10.1. The zero-order valence-electron chi connectivity index (χ0n) is 16.8. The van der Waals surface area contributed by atoms with Crippen LogP contribution < -0.4 is 0 Å². The number of fused-ring (bicyclic) bond motifs is 1. The van der Waals surface area contributed by atoms with Gasteiger partial charge in [0.25, 0.3) is 0 Å². The highest BCUT2D eigenvalue weighted by molar-refractivity contribution is 5.62. The van der Waals surface area contributed by atoms with Crippen molar-refractivity contribution in [2.45, 2.75) is 19.3 Å². The van der Waals surface area contributed by atoms with Crippen molar-refractivity contribution in [1.82, 2.24) is 20.0 Å². The first kappa shape index (κ1) is 20.9. The van der Waals surface area contributed by atoms with Gasteiger partial charge in [-0.15, -0.1) is 0 Å². The van der Waals surface area contributed by atoms with Crippen LogP contribution in [0.1, 0.15) is 22.7 Å². The van der Waals surface area contributed by atoms with Crippen molar-refractivity contribution in [2.75, 3.05) is 0 Å². The second-order valence-corrected chi connectivity index (χ2v) is 7.52. The summed E-state index contributed by atoms with van der Waals surface area (Å²) in [6.07, 6.45) is -1.08. The van der Waals surface area contributed by atoms with Gasteiger partial charge in [0, 0.05) is 17.8 Å². The molecule has 0 atom stereocenters. The van der Waals surface area contributed by atoms with Gasteiger partial charge in [0.2, 0.25) is 0 Å². The van der Waals surface area contributed by atoms with E-state index in [-0.39, 0.29) is 23.6 Å². The van der Waals surface area contributed by atoms with Crippen molar-refractivity contribution in [1.29, 1.82) is 0 Å². The molecule has 1 N–H and O–H groups in total. The number of nitrogens with one attached hydrogen (secondary N) is 1. The number of hydrogen-bond acceptors (Lipinski definition) is 4. The van der Waals surface area contributed by atoms with Crippen LogP contribution in [0.15, 0.2) is 59.3 Å². The molecule has 10 heteroatoms. The van der Waals surface area contributed by atoms with Crippen LogP contribution in [0.2, 0.25) is 0 Å². The molecule has 5 nitrogen and oxygen atoms in total. The molecule has 0 amide bonds. The lowest BCUT2D eigenvalue weighted by Crippen LogP contribution is -2.19. The van der Waals surface area contributed by atoms with E-state index in [1.165, 1.54) is 12.1 Å². The van der Waals surface area contributed by atoms with E-state index < -0.39 is 17.6 Å². The minimum absolute atomic E-state index is 0.0856. The van der Waals surface area contributed by atoms with Gasteiger partial charge in [-0.2, -0.15) is 13.2 Å². The number of rotatable bonds is 4. The van der Waals surface area contributed by atoms with Crippen LogP contribution >= 0.6 is 0 Å². The number of halogens is 5. The fourth-order valence-corrected chi connectivity index (χ4v) is 3.62. The molecule has 0 saturated carbocycles. The van der Waals surface area contributed by atoms with Gasteiger partial charge in [-0.25, -0.2) is 13.8 Å². The number of aromatic nitrogens is 3. The second-order valence-electron chi connectivity index (χ2n) is 7.52. The van der Waals surface area contributed by atoms with E-state index in [2.05, 4.69) is 15.1 Å². The number of nitrogens with zero attached hydrogens (tertiary/aromatic N) is 3. The molecule has 0 unspecified atom stereocenters. The molecule has 1 aliphatic heterocycles. The topological polar surface area (TPSA) is 58.0 Å². The number of aromatic amines is 1. The van der Waals surface area contributed by atoms with E-state index in [9.17, 15) is 22.0 Å². The Labute approximate surface area is 184 Å². The van der Waals surface area contributed by atoms with Gasteiger partial charge in [-0.3, -0.25) is 0 Å². The summed E-state index contributed by atoms with van der Waals surface area (Å²) in [6.45, 7) is 0.706. The normalized spacial score (nSPS) is 13.4. The Morgan fingerprint density at radius 3 is 2.58 bits per heavy atom. The first-order valence-electron chi connectivity index (χ1n) is 9.86. The summed E-state index contributed by atoms with van der Waals surface area (Å²) in [5, 5.41) is 3.79. The number of imidazole rings is 1. The maximum Gasteiger partial charge on any atom is 0.416 e. The standard InChI is InChI=1S/C23H15F5N4O/c24-17-4-2-1-3-16(17)22-29-19-7-8-32(12-21(19)30-22)11-14-10-20(31-33-14)15-6-5-13(9-18(15)25)23(26,27)28/h1-10H,11-12H2,(H,29,30). The number of benzene rings is 2. The molecule has 3 heterocycles. The quantitative estimate of drug-likeness (QED) is 0.380. The first-order valence-corrected chi connectivity index (χ1v) is 9.86. The third kappa shape index (κ3) is 4.11. The van der Waals surface area contributed by atoms with Gasteiger partial charge in [0.1, 0.15) is 23.2 Å². The highest BCUT2D eigenvalue weighted by Crippen LogP contribution is 2.33. The van der Waals surface area contributed by atoms with E-state index in [0.29, 0.717) is 35.5 Å². The van der Waals surface area contributed by atoms with Gasteiger partial charge < -0.3 is 14.4 Å². The lowest BCUT2D eigenvalue weighted by molar-refractivity contribution is -0.137. The van der Waals surface area contributed by atoms with Gasteiger partial charge in [0.15, 0.2) is 5.76 Å². The Kier molecular flexibility index (Phi) is 4.99. The molecule has 4 aromatic rings. The average molecular weight is 458 g/mol. The second kappa shape index (κ2) is 7.88. The van der Waals surface area contributed by atoms with Crippen LogP contribution in [-0.4, -0.2) is 20.0 Å². The molecule has 2 aromatic heterocycles. The van der Waals surface area contributed by atoms with Gasteiger partial charge >= 0.3 is 6.18 Å². The zero-order chi connectivity index (χ0) is 23.2. The number of alkyl halides is 3. The first-order chi connectivity index (χ1) is 15.8. The lowest BCUT2D eigenvalue weighted by Gasteiger charge is -2.21. The van der Waals surface area contributed by atoms with Gasteiger partial charge in [-0.05, 0) is 36.4 Å². The van der Waals surface area contributed by atoms with Crippen LogP contribution in [-0.2, 0) is 19.3 Å². The van der Waals surface area contributed by atoms with Crippen molar-refractivity contribution in [3.63, 3.8) is 0 Å². The third-order valence-corrected chi connectivity index (χ3v) is 5.23. The highest BCUT2D eigenvalue weighted by Gasteiger charge is 2.31. The van der Waals surface area contributed by atoms with Crippen molar-refractivity contribution in [3.05, 3.63) is 89.1 Å². The Bertz CT molecular complexity index is 1360. The summed E-state index contributed by atoms with van der Waals surface area (Å²) in [5.74, 6) is -0.602. The average Bonchev–Trinajstić information content (AvgIpc) is 3.40. The van der Waals surface area contributed by atoms with Crippen LogP contribution in [0.4, 0.5) is 22.0 Å². The van der Waals surface area contributed by atoms with Crippen molar-refractivity contribution in [3.8, 4) is 22.6 Å². The monoisotopic (exact) mass is 458 g/mol. The maximum atomic E-state index is 14.2. The minimum atomic E-state index is -4.63. The van der Waals surface area contributed by atoms with Crippen molar-refractivity contribution < 1.29 is 26.5 Å². The highest BCUT2D eigenvalue weighted by atomic mass is 19.4. The predicted octanol–water partition coefficient (Wildman–Crippen LogP) is 6.02. The molecule has 0 radical (unpaired) electrons. The summed E-state index contributed by atoms with van der Waals surface area (Å²) < 4.78 is 71.8. The Morgan fingerprint density at radius 1 is 1.00 bits per heavy atom. The van der Waals surface area contributed by atoms with Crippen LogP contribution in [0, 0.1) is 11.6 Å². The van der Waals surface area contributed by atoms with Crippen LogP contribution in [0.5, 0.6) is 0 Å². The van der Waals surface area contributed by atoms with Crippen molar-refractivity contribution >= 4 is 6.08 Å². The van der Waals surface area contributed by atoms with E-state index in [1.54, 1.807) is 30.5 Å². The third-order valence-electron chi connectivity index (χ3n) is 5.23. The zero-order valence-corrected chi connectivity index (χ0v) is 16.8. The van der Waals surface area contributed by atoms with Crippen LogP contribution in [0.25, 0.3) is 28.7 Å². The molecular weight excluding hydrogens is 443 g/mol.